The van der Waals surface area contributed by atoms with Gasteiger partial charge >= 0.3 is 5.97 Å². The topological polar surface area (TPSA) is 86.7 Å². The molecule has 2 N–H and O–H groups in total. The number of carbonyl (C=O) groups is 3. The van der Waals surface area contributed by atoms with E-state index < -0.39 is 5.97 Å². The monoisotopic (exact) mass is 270 g/mol. The van der Waals surface area contributed by atoms with Crippen LogP contribution in [0.1, 0.15) is 45.4 Å². The van der Waals surface area contributed by atoms with E-state index in [9.17, 15) is 14.4 Å². The Morgan fingerprint density at radius 2 is 2.00 bits per heavy atom. The summed E-state index contributed by atoms with van der Waals surface area (Å²) in [6.07, 6.45) is 3.96. The molecule has 1 saturated heterocycles. The van der Waals surface area contributed by atoms with Gasteiger partial charge in [0.25, 0.3) is 0 Å². The van der Waals surface area contributed by atoms with Crippen molar-refractivity contribution in [2.45, 2.75) is 51.5 Å². The van der Waals surface area contributed by atoms with Gasteiger partial charge in [-0.2, -0.15) is 0 Å². The van der Waals surface area contributed by atoms with Crippen molar-refractivity contribution in [2.75, 3.05) is 13.1 Å². The second kappa shape index (κ2) is 7.76. The molecule has 0 spiro atoms. The third kappa shape index (κ3) is 5.28. The largest absolute Gasteiger partial charge is 0.481 e. The number of rotatable bonds is 7. The Morgan fingerprint density at radius 1 is 1.26 bits per heavy atom. The van der Waals surface area contributed by atoms with Crippen LogP contribution in [-0.2, 0) is 14.4 Å². The molecule has 0 aromatic rings. The second-order valence-corrected chi connectivity index (χ2v) is 4.87. The number of unbranched alkanes of at least 4 members (excludes halogenated alkanes) is 2. The van der Waals surface area contributed by atoms with Crippen molar-refractivity contribution < 1.29 is 19.5 Å². The molecule has 6 heteroatoms. The quantitative estimate of drug-likeness (QED) is 0.669. The molecule has 1 rings (SSSR count). The molecular weight excluding hydrogens is 248 g/mol. The van der Waals surface area contributed by atoms with E-state index in [1.165, 1.54) is 6.92 Å². The molecule has 0 unspecified atom stereocenters. The summed E-state index contributed by atoms with van der Waals surface area (Å²) in [5.74, 6) is -0.933. The zero-order chi connectivity index (χ0) is 14.3. The summed E-state index contributed by atoms with van der Waals surface area (Å²) >= 11 is 0. The minimum Gasteiger partial charge on any atom is -0.481 e. The normalized spacial score (nSPS) is 18.4. The highest BCUT2D eigenvalue weighted by Crippen LogP contribution is 2.17. The molecule has 0 aliphatic carbocycles. The van der Waals surface area contributed by atoms with E-state index in [0.717, 1.165) is 25.7 Å². The number of nitrogens with zero attached hydrogens (tertiary/aromatic N) is 1. The summed E-state index contributed by atoms with van der Waals surface area (Å²) in [6, 6.07) is -0.323. The number of carbonyl (C=O) groups excluding carboxylic acids is 2. The van der Waals surface area contributed by atoms with Crippen molar-refractivity contribution in [3.63, 3.8) is 0 Å². The van der Waals surface area contributed by atoms with Crippen LogP contribution in [0.25, 0.3) is 0 Å². The summed E-state index contributed by atoms with van der Waals surface area (Å²) in [5.41, 5.74) is 0. The summed E-state index contributed by atoms with van der Waals surface area (Å²) < 4.78 is 0. The molecule has 1 aliphatic rings. The summed E-state index contributed by atoms with van der Waals surface area (Å²) in [7, 11) is 0. The molecule has 1 aliphatic heterocycles. The summed E-state index contributed by atoms with van der Waals surface area (Å²) in [4.78, 5) is 35.1. The number of aliphatic carboxylic acids is 1. The fourth-order valence-electron chi connectivity index (χ4n) is 2.32. The van der Waals surface area contributed by atoms with Crippen LogP contribution in [0.15, 0.2) is 0 Å². The predicted molar refractivity (Wildman–Crippen MR) is 69.5 cm³/mol. The van der Waals surface area contributed by atoms with Gasteiger partial charge in [0.05, 0.1) is 0 Å². The third-order valence-electron chi connectivity index (χ3n) is 3.33. The maximum atomic E-state index is 11.9. The summed E-state index contributed by atoms with van der Waals surface area (Å²) in [6.45, 7) is 2.68. The second-order valence-electron chi connectivity index (χ2n) is 4.87. The molecule has 0 bridgehead atoms. The first-order valence-corrected chi connectivity index (χ1v) is 6.79. The fraction of sp³-hybridized carbons (Fsp3) is 0.769. The van der Waals surface area contributed by atoms with E-state index >= 15 is 0 Å². The Balaban J connectivity index is 2.17. The molecule has 19 heavy (non-hydrogen) atoms. The molecule has 0 saturated carbocycles. The number of likely N-dealkylation sites (tertiary alicyclic amines) is 1. The van der Waals surface area contributed by atoms with Crippen molar-refractivity contribution in [2.24, 2.45) is 0 Å². The van der Waals surface area contributed by atoms with Crippen LogP contribution >= 0.6 is 0 Å². The van der Waals surface area contributed by atoms with Gasteiger partial charge in [-0.05, 0) is 25.7 Å². The van der Waals surface area contributed by atoms with Gasteiger partial charge in [0.15, 0.2) is 0 Å². The zero-order valence-electron chi connectivity index (χ0n) is 11.4. The van der Waals surface area contributed by atoms with Crippen molar-refractivity contribution in [3.05, 3.63) is 0 Å². The van der Waals surface area contributed by atoms with Gasteiger partial charge in [-0.1, -0.05) is 6.42 Å². The van der Waals surface area contributed by atoms with Crippen LogP contribution in [0.3, 0.4) is 0 Å². The highest BCUT2D eigenvalue weighted by Gasteiger charge is 2.31. The molecule has 1 atom stereocenters. The van der Waals surface area contributed by atoms with Gasteiger partial charge < -0.3 is 15.3 Å². The van der Waals surface area contributed by atoms with Crippen molar-refractivity contribution in [3.8, 4) is 0 Å². The van der Waals surface area contributed by atoms with Gasteiger partial charge in [-0.15, -0.1) is 0 Å². The predicted octanol–water partition coefficient (Wildman–Crippen LogP) is 0.758. The van der Waals surface area contributed by atoms with Gasteiger partial charge in [-0.3, -0.25) is 14.4 Å². The first kappa shape index (κ1) is 15.5. The minimum atomic E-state index is -0.785. The SMILES string of the molecule is CC(=O)N1CCC[C@H]1C(=O)NCCCCCC(=O)O. The lowest BCUT2D eigenvalue weighted by Gasteiger charge is -2.22. The van der Waals surface area contributed by atoms with E-state index in [-0.39, 0.29) is 24.3 Å². The number of hydrogen-bond donors (Lipinski definition) is 2. The Labute approximate surface area is 113 Å². The first-order chi connectivity index (χ1) is 9.02. The molecule has 2 amide bonds. The Morgan fingerprint density at radius 3 is 2.63 bits per heavy atom. The molecule has 1 heterocycles. The van der Waals surface area contributed by atoms with Crippen LogP contribution in [0.5, 0.6) is 0 Å². The molecule has 1 fully saturated rings. The van der Waals surface area contributed by atoms with E-state index in [4.69, 9.17) is 5.11 Å². The average molecular weight is 270 g/mol. The van der Waals surface area contributed by atoms with Crippen LogP contribution < -0.4 is 5.32 Å². The Bertz CT molecular complexity index is 344. The third-order valence-corrected chi connectivity index (χ3v) is 3.33. The van der Waals surface area contributed by atoms with Crippen LogP contribution in [0.4, 0.5) is 0 Å². The number of carboxylic acids is 1. The minimum absolute atomic E-state index is 0.0564. The highest BCUT2D eigenvalue weighted by molar-refractivity contribution is 5.87. The molecule has 0 radical (unpaired) electrons. The lowest BCUT2D eigenvalue weighted by molar-refractivity contribution is -0.137. The maximum Gasteiger partial charge on any atom is 0.303 e. The molecule has 108 valence electrons. The van der Waals surface area contributed by atoms with Gasteiger partial charge in [0.1, 0.15) is 6.04 Å². The zero-order valence-corrected chi connectivity index (χ0v) is 11.4. The van der Waals surface area contributed by atoms with Crippen LogP contribution in [0, 0.1) is 0 Å². The van der Waals surface area contributed by atoms with Crippen molar-refractivity contribution in [1.82, 2.24) is 10.2 Å². The standard InChI is InChI=1S/C13H22N2O4/c1-10(16)15-9-5-6-11(15)13(19)14-8-4-2-3-7-12(17)18/h11H,2-9H2,1H3,(H,14,19)(H,17,18)/t11-/m0/s1. The van der Waals surface area contributed by atoms with Crippen LogP contribution in [0.2, 0.25) is 0 Å². The van der Waals surface area contributed by atoms with Crippen molar-refractivity contribution in [1.29, 1.82) is 0 Å². The average Bonchev–Trinajstić information content (AvgIpc) is 2.82. The molecule has 0 aromatic carbocycles. The maximum absolute atomic E-state index is 11.9. The molecule has 0 aromatic heterocycles. The van der Waals surface area contributed by atoms with Gasteiger partial charge in [0.2, 0.25) is 11.8 Å². The number of nitrogens with one attached hydrogen (secondary N) is 1. The summed E-state index contributed by atoms with van der Waals surface area (Å²) in [5, 5.41) is 11.3. The van der Waals surface area contributed by atoms with E-state index in [0.29, 0.717) is 19.5 Å². The number of amides is 2. The lowest BCUT2D eigenvalue weighted by Crippen LogP contribution is -2.45. The van der Waals surface area contributed by atoms with Crippen molar-refractivity contribution >= 4 is 17.8 Å². The molecular formula is C13H22N2O4. The fourth-order valence-corrected chi connectivity index (χ4v) is 2.32. The number of hydrogen-bond acceptors (Lipinski definition) is 3. The molecule has 6 nitrogen and oxygen atoms in total. The Hall–Kier alpha value is -1.59. The van der Waals surface area contributed by atoms with Gasteiger partial charge in [-0.25, -0.2) is 0 Å². The van der Waals surface area contributed by atoms with E-state index in [1.807, 2.05) is 0 Å². The van der Waals surface area contributed by atoms with Gasteiger partial charge in [0, 0.05) is 26.4 Å². The first-order valence-electron chi connectivity index (χ1n) is 6.79. The smallest absolute Gasteiger partial charge is 0.303 e. The van der Waals surface area contributed by atoms with E-state index in [2.05, 4.69) is 5.32 Å². The highest BCUT2D eigenvalue weighted by atomic mass is 16.4. The number of carboxylic acid groups (broad SMARTS) is 1. The van der Waals surface area contributed by atoms with E-state index in [1.54, 1.807) is 4.90 Å². The van der Waals surface area contributed by atoms with Crippen LogP contribution in [-0.4, -0.2) is 46.9 Å². The lowest BCUT2D eigenvalue weighted by atomic mass is 10.1. The Kier molecular flexibility index (Phi) is 6.32.